The predicted molar refractivity (Wildman–Crippen MR) is 78.2 cm³/mol. The van der Waals surface area contributed by atoms with Crippen LogP contribution < -0.4 is 5.32 Å². The number of ether oxygens (including phenoxy) is 1. The molecular formula is C16H17NO4. The molecule has 0 bridgehead atoms. The molecule has 5 nitrogen and oxygen atoms in total. The van der Waals surface area contributed by atoms with Crippen molar-refractivity contribution >= 4 is 17.6 Å². The monoisotopic (exact) mass is 287 g/mol. The lowest BCUT2D eigenvalue weighted by molar-refractivity contribution is -0.119. The molecule has 1 aromatic carbocycles. The first kappa shape index (κ1) is 14.8. The van der Waals surface area contributed by atoms with Crippen molar-refractivity contribution in [3.63, 3.8) is 0 Å². The SMILES string of the molecule is CCc1ccc(NC(=O)COC(=O)c2occc2C)cc1. The Balaban J connectivity index is 1.84. The van der Waals surface area contributed by atoms with Gasteiger partial charge in [0.2, 0.25) is 5.76 Å². The first-order valence-electron chi connectivity index (χ1n) is 6.70. The zero-order valence-electron chi connectivity index (χ0n) is 12.0. The summed E-state index contributed by atoms with van der Waals surface area (Å²) in [6, 6.07) is 9.16. The molecule has 1 amide bonds. The first-order valence-corrected chi connectivity index (χ1v) is 6.70. The summed E-state index contributed by atoms with van der Waals surface area (Å²) in [7, 11) is 0. The van der Waals surface area contributed by atoms with Crippen LogP contribution in [0, 0.1) is 6.92 Å². The minimum absolute atomic E-state index is 0.120. The Morgan fingerprint density at radius 3 is 2.48 bits per heavy atom. The van der Waals surface area contributed by atoms with Crippen LogP contribution in [0.4, 0.5) is 5.69 Å². The predicted octanol–water partition coefficient (Wildman–Crippen LogP) is 2.95. The summed E-state index contributed by atoms with van der Waals surface area (Å²) >= 11 is 0. The van der Waals surface area contributed by atoms with Crippen molar-refractivity contribution < 1.29 is 18.7 Å². The van der Waals surface area contributed by atoms with Crippen LogP contribution in [0.5, 0.6) is 0 Å². The lowest BCUT2D eigenvalue weighted by Gasteiger charge is -2.06. The molecule has 1 heterocycles. The van der Waals surface area contributed by atoms with Crippen molar-refractivity contribution in [2.75, 3.05) is 11.9 Å². The molecule has 0 spiro atoms. The van der Waals surface area contributed by atoms with Crippen molar-refractivity contribution in [1.82, 2.24) is 0 Å². The van der Waals surface area contributed by atoms with E-state index in [-0.39, 0.29) is 12.4 Å². The van der Waals surface area contributed by atoms with Crippen LogP contribution in [-0.2, 0) is 16.0 Å². The standard InChI is InChI=1S/C16H17NO4/c1-3-12-4-6-13(7-5-12)17-14(18)10-21-16(19)15-11(2)8-9-20-15/h4-9H,3,10H2,1-2H3,(H,17,18). The Morgan fingerprint density at radius 2 is 1.90 bits per heavy atom. The van der Waals surface area contributed by atoms with Gasteiger partial charge in [0, 0.05) is 11.3 Å². The van der Waals surface area contributed by atoms with Crippen LogP contribution in [0.15, 0.2) is 41.0 Å². The molecule has 0 radical (unpaired) electrons. The topological polar surface area (TPSA) is 68.5 Å². The molecule has 0 atom stereocenters. The number of benzene rings is 1. The summed E-state index contributed by atoms with van der Waals surface area (Å²) in [4.78, 5) is 23.4. The molecule has 0 aliphatic heterocycles. The Hall–Kier alpha value is -2.56. The van der Waals surface area contributed by atoms with Gasteiger partial charge < -0.3 is 14.5 Å². The minimum Gasteiger partial charge on any atom is -0.457 e. The quantitative estimate of drug-likeness (QED) is 0.858. The third-order valence-corrected chi connectivity index (χ3v) is 3.03. The maximum atomic E-state index is 11.7. The number of nitrogens with one attached hydrogen (secondary N) is 1. The van der Waals surface area contributed by atoms with E-state index in [9.17, 15) is 9.59 Å². The molecule has 1 N–H and O–H groups in total. The second kappa shape index (κ2) is 6.74. The molecule has 0 aliphatic carbocycles. The Bertz CT molecular complexity index is 628. The van der Waals surface area contributed by atoms with Gasteiger partial charge in [-0.05, 0) is 37.1 Å². The smallest absolute Gasteiger partial charge is 0.375 e. The maximum absolute atomic E-state index is 11.7. The van der Waals surface area contributed by atoms with E-state index in [1.54, 1.807) is 13.0 Å². The fraction of sp³-hybridized carbons (Fsp3) is 0.250. The third kappa shape index (κ3) is 3.95. The number of hydrogen-bond acceptors (Lipinski definition) is 4. The first-order chi connectivity index (χ1) is 10.1. The number of carbonyl (C=O) groups excluding carboxylic acids is 2. The fourth-order valence-electron chi connectivity index (χ4n) is 1.80. The highest BCUT2D eigenvalue weighted by Crippen LogP contribution is 2.11. The molecule has 1 aromatic heterocycles. The lowest BCUT2D eigenvalue weighted by atomic mass is 10.1. The van der Waals surface area contributed by atoms with E-state index < -0.39 is 11.9 Å². The molecule has 21 heavy (non-hydrogen) atoms. The number of anilines is 1. The average Bonchev–Trinajstić information content (AvgIpc) is 2.92. The van der Waals surface area contributed by atoms with Crippen molar-refractivity contribution in [3.05, 3.63) is 53.5 Å². The van der Waals surface area contributed by atoms with E-state index in [1.807, 2.05) is 24.3 Å². The average molecular weight is 287 g/mol. The Morgan fingerprint density at radius 1 is 1.19 bits per heavy atom. The van der Waals surface area contributed by atoms with Crippen LogP contribution in [-0.4, -0.2) is 18.5 Å². The number of aryl methyl sites for hydroxylation is 2. The van der Waals surface area contributed by atoms with Crippen LogP contribution in [0.2, 0.25) is 0 Å². The molecule has 0 unspecified atom stereocenters. The van der Waals surface area contributed by atoms with Crippen LogP contribution >= 0.6 is 0 Å². The largest absolute Gasteiger partial charge is 0.457 e. The van der Waals surface area contributed by atoms with Crippen molar-refractivity contribution in [2.45, 2.75) is 20.3 Å². The molecular weight excluding hydrogens is 270 g/mol. The number of hydrogen-bond donors (Lipinski definition) is 1. The van der Waals surface area contributed by atoms with E-state index in [2.05, 4.69) is 12.2 Å². The molecule has 0 saturated heterocycles. The molecule has 5 heteroatoms. The summed E-state index contributed by atoms with van der Waals surface area (Å²) in [5.41, 5.74) is 2.53. The number of rotatable bonds is 5. The van der Waals surface area contributed by atoms with Gasteiger partial charge in [0.25, 0.3) is 5.91 Å². The fourth-order valence-corrected chi connectivity index (χ4v) is 1.80. The van der Waals surface area contributed by atoms with E-state index >= 15 is 0 Å². The van der Waals surface area contributed by atoms with E-state index in [0.717, 1.165) is 6.42 Å². The van der Waals surface area contributed by atoms with Gasteiger partial charge in [0.05, 0.1) is 6.26 Å². The summed E-state index contributed by atoms with van der Waals surface area (Å²) in [5.74, 6) is -0.916. The number of furan rings is 1. The van der Waals surface area contributed by atoms with Gasteiger partial charge in [-0.2, -0.15) is 0 Å². The van der Waals surface area contributed by atoms with Gasteiger partial charge in [0.15, 0.2) is 6.61 Å². The van der Waals surface area contributed by atoms with Gasteiger partial charge in [-0.15, -0.1) is 0 Å². The van der Waals surface area contributed by atoms with Gasteiger partial charge in [-0.1, -0.05) is 19.1 Å². The van der Waals surface area contributed by atoms with Crippen molar-refractivity contribution in [3.8, 4) is 0 Å². The lowest BCUT2D eigenvalue weighted by Crippen LogP contribution is -2.21. The molecule has 2 aromatic rings. The molecule has 0 fully saturated rings. The molecule has 0 saturated carbocycles. The zero-order chi connectivity index (χ0) is 15.2. The Kier molecular flexibility index (Phi) is 4.77. The van der Waals surface area contributed by atoms with Crippen molar-refractivity contribution in [1.29, 1.82) is 0 Å². The van der Waals surface area contributed by atoms with E-state index in [0.29, 0.717) is 11.3 Å². The molecule has 0 aliphatic rings. The molecule has 110 valence electrons. The third-order valence-electron chi connectivity index (χ3n) is 3.03. The number of amides is 1. The highest BCUT2D eigenvalue weighted by Gasteiger charge is 2.15. The van der Waals surface area contributed by atoms with E-state index in [4.69, 9.17) is 9.15 Å². The van der Waals surface area contributed by atoms with Gasteiger partial charge in [-0.3, -0.25) is 4.79 Å². The van der Waals surface area contributed by atoms with Gasteiger partial charge >= 0.3 is 5.97 Å². The summed E-state index contributed by atoms with van der Waals surface area (Å²) < 4.78 is 9.90. The zero-order valence-corrected chi connectivity index (χ0v) is 12.0. The second-order valence-corrected chi connectivity index (χ2v) is 4.61. The summed E-state index contributed by atoms with van der Waals surface area (Å²) in [6.07, 6.45) is 2.34. The molecule has 2 rings (SSSR count). The van der Waals surface area contributed by atoms with Crippen LogP contribution in [0.3, 0.4) is 0 Å². The highest BCUT2D eigenvalue weighted by atomic mass is 16.5. The normalized spacial score (nSPS) is 10.2. The van der Waals surface area contributed by atoms with Gasteiger partial charge in [0.1, 0.15) is 0 Å². The summed E-state index contributed by atoms with van der Waals surface area (Å²) in [6.45, 7) is 3.44. The highest BCUT2D eigenvalue weighted by molar-refractivity contribution is 5.94. The minimum atomic E-state index is -0.644. The van der Waals surface area contributed by atoms with Crippen LogP contribution in [0.25, 0.3) is 0 Å². The maximum Gasteiger partial charge on any atom is 0.375 e. The summed E-state index contributed by atoms with van der Waals surface area (Å²) in [5, 5.41) is 2.66. The van der Waals surface area contributed by atoms with E-state index in [1.165, 1.54) is 11.8 Å². The number of esters is 1. The van der Waals surface area contributed by atoms with Crippen LogP contribution in [0.1, 0.15) is 28.6 Å². The Labute approximate surface area is 122 Å². The van der Waals surface area contributed by atoms with Gasteiger partial charge in [-0.25, -0.2) is 4.79 Å². The second-order valence-electron chi connectivity index (χ2n) is 4.61. The number of carbonyl (C=O) groups is 2. The van der Waals surface area contributed by atoms with Crippen molar-refractivity contribution in [2.24, 2.45) is 0 Å².